The third-order valence-corrected chi connectivity index (χ3v) is 5.51. The number of hydrogen-bond acceptors (Lipinski definition) is 2. The summed E-state index contributed by atoms with van der Waals surface area (Å²) in [5.41, 5.74) is 7.07. The fraction of sp³-hybridized carbons (Fsp3) is 0.611. The Morgan fingerprint density at radius 3 is 2.57 bits per heavy atom. The van der Waals surface area contributed by atoms with Crippen LogP contribution in [0.4, 0.5) is 0 Å². The summed E-state index contributed by atoms with van der Waals surface area (Å²) < 4.78 is 0. The van der Waals surface area contributed by atoms with E-state index in [0.717, 1.165) is 38.6 Å². The SMILES string of the molecule is C[C@@H]1C[C@@H](c2ccccc2)CN1C(=O)C1(CN)CCCC1. The molecule has 1 aliphatic heterocycles. The summed E-state index contributed by atoms with van der Waals surface area (Å²) in [6, 6.07) is 10.9. The van der Waals surface area contributed by atoms with Crippen LogP contribution in [0.5, 0.6) is 0 Å². The highest BCUT2D eigenvalue weighted by molar-refractivity contribution is 5.84. The molecule has 0 aromatic heterocycles. The molecule has 3 rings (SSSR count). The smallest absolute Gasteiger partial charge is 0.230 e. The lowest BCUT2D eigenvalue weighted by molar-refractivity contribution is -0.142. The Morgan fingerprint density at radius 1 is 1.29 bits per heavy atom. The molecule has 1 aromatic carbocycles. The van der Waals surface area contributed by atoms with Crippen molar-refractivity contribution in [3.8, 4) is 0 Å². The molecule has 2 aliphatic rings. The maximum absolute atomic E-state index is 13.0. The van der Waals surface area contributed by atoms with Crippen LogP contribution in [0.25, 0.3) is 0 Å². The van der Waals surface area contributed by atoms with Crippen LogP contribution in [0.15, 0.2) is 30.3 Å². The molecule has 2 atom stereocenters. The van der Waals surface area contributed by atoms with E-state index in [9.17, 15) is 4.79 Å². The van der Waals surface area contributed by atoms with E-state index in [-0.39, 0.29) is 5.41 Å². The fourth-order valence-corrected chi connectivity index (χ4v) is 4.14. The molecule has 0 spiro atoms. The second-order valence-corrected chi connectivity index (χ2v) is 6.84. The van der Waals surface area contributed by atoms with Gasteiger partial charge in [-0.25, -0.2) is 0 Å². The third kappa shape index (κ3) is 2.59. The minimum absolute atomic E-state index is 0.264. The quantitative estimate of drug-likeness (QED) is 0.928. The summed E-state index contributed by atoms with van der Waals surface area (Å²) in [6.45, 7) is 3.54. The summed E-state index contributed by atoms with van der Waals surface area (Å²) in [4.78, 5) is 15.1. The van der Waals surface area contributed by atoms with Crippen LogP contribution in [0.3, 0.4) is 0 Å². The highest BCUT2D eigenvalue weighted by atomic mass is 16.2. The lowest BCUT2D eigenvalue weighted by Crippen LogP contribution is -2.47. The molecule has 2 fully saturated rings. The van der Waals surface area contributed by atoms with Gasteiger partial charge in [-0.1, -0.05) is 43.2 Å². The average Bonchev–Trinajstić information content (AvgIpc) is 3.15. The number of rotatable bonds is 3. The number of likely N-dealkylation sites (tertiary alicyclic amines) is 1. The Labute approximate surface area is 127 Å². The van der Waals surface area contributed by atoms with Crippen LogP contribution in [-0.2, 0) is 4.79 Å². The summed E-state index contributed by atoms with van der Waals surface area (Å²) in [5.74, 6) is 0.787. The van der Waals surface area contributed by atoms with Crippen LogP contribution in [-0.4, -0.2) is 29.9 Å². The summed E-state index contributed by atoms with van der Waals surface area (Å²) >= 11 is 0. The lowest BCUT2D eigenvalue weighted by Gasteiger charge is -2.33. The van der Waals surface area contributed by atoms with Crippen molar-refractivity contribution < 1.29 is 4.79 Å². The highest BCUT2D eigenvalue weighted by Gasteiger charge is 2.45. The fourth-order valence-electron chi connectivity index (χ4n) is 4.14. The number of nitrogens with zero attached hydrogens (tertiary/aromatic N) is 1. The van der Waals surface area contributed by atoms with Crippen molar-refractivity contribution in [2.24, 2.45) is 11.1 Å². The monoisotopic (exact) mass is 286 g/mol. The van der Waals surface area contributed by atoms with Crippen molar-refractivity contribution in [2.45, 2.75) is 51.0 Å². The predicted octanol–water partition coefficient (Wildman–Crippen LogP) is 2.91. The van der Waals surface area contributed by atoms with Gasteiger partial charge in [0.15, 0.2) is 0 Å². The first kappa shape index (κ1) is 14.6. The molecule has 0 radical (unpaired) electrons. The summed E-state index contributed by atoms with van der Waals surface area (Å²) in [6.07, 6.45) is 5.31. The van der Waals surface area contributed by atoms with Gasteiger partial charge in [0.25, 0.3) is 0 Å². The van der Waals surface area contributed by atoms with Gasteiger partial charge in [-0.05, 0) is 31.7 Å². The van der Waals surface area contributed by atoms with E-state index in [1.165, 1.54) is 5.56 Å². The van der Waals surface area contributed by atoms with Gasteiger partial charge < -0.3 is 10.6 Å². The van der Waals surface area contributed by atoms with Gasteiger partial charge in [0.1, 0.15) is 0 Å². The highest BCUT2D eigenvalue weighted by Crippen LogP contribution is 2.42. The Hall–Kier alpha value is -1.35. The molecular formula is C18H26N2O. The zero-order valence-electron chi connectivity index (χ0n) is 12.9. The van der Waals surface area contributed by atoms with E-state index in [2.05, 4.69) is 36.1 Å². The van der Waals surface area contributed by atoms with Gasteiger partial charge in [-0.2, -0.15) is 0 Å². The molecule has 1 heterocycles. The Morgan fingerprint density at radius 2 is 1.95 bits per heavy atom. The van der Waals surface area contributed by atoms with Crippen LogP contribution in [0, 0.1) is 5.41 Å². The topological polar surface area (TPSA) is 46.3 Å². The Kier molecular flexibility index (Phi) is 4.03. The lowest BCUT2D eigenvalue weighted by atomic mass is 9.84. The number of hydrogen-bond donors (Lipinski definition) is 1. The number of nitrogens with two attached hydrogens (primary N) is 1. The van der Waals surface area contributed by atoms with Gasteiger partial charge in [-0.15, -0.1) is 0 Å². The van der Waals surface area contributed by atoms with Gasteiger partial charge >= 0.3 is 0 Å². The molecule has 114 valence electrons. The molecule has 2 N–H and O–H groups in total. The van der Waals surface area contributed by atoms with Gasteiger partial charge in [0.05, 0.1) is 5.41 Å². The van der Waals surface area contributed by atoms with E-state index in [0.29, 0.717) is 24.4 Å². The van der Waals surface area contributed by atoms with E-state index in [4.69, 9.17) is 5.73 Å². The molecule has 1 saturated heterocycles. The molecule has 1 aliphatic carbocycles. The minimum atomic E-state index is -0.264. The minimum Gasteiger partial charge on any atom is -0.339 e. The largest absolute Gasteiger partial charge is 0.339 e. The molecule has 1 saturated carbocycles. The normalized spacial score (nSPS) is 28.0. The maximum Gasteiger partial charge on any atom is 0.230 e. The van der Waals surface area contributed by atoms with Gasteiger partial charge in [0, 0.05) is 25.0 Å². The molecule has 0 unspecified atom stereocenters. The van der Waals surface area contributed by atoms with Crippen LogP contribution in [0.1, 0.15) is 50.5 Å². The molecule has 0 bridgehead atoms. The Bertz CT molecular complexity index is 493. The standard InChI is InChI=1S/C18H26N2O/c1-14-11-16(15-7-3-2-4-8-15)12-20(14)17(21)18(13-19)9-5-6-10-18/h2-4,7-8,14,16H,5-6,9-13,19H2,1H3/t14-,16-/m1/s1. The molecule has 3 heteroatoms. The number of carbonyl (C=O) groups excluding carboxylic acids is 1. The number of carbonyl (C=O) groups is 1. The first-order valence-electron chi connectivity index (χ1n) is 8.22. The van der Waals surface area contributed by atoms with E-state index in [1.807, 2.05) is 6.07 Å². The average molecular weight is 286 g/mol. The summed E-state index contributed by atoms with van der Waals surface area (Å²) in [7, 11) is 0. The molecule has 1 amide bonds. The van der Waals surface area contributed by atoms with Crippen molar-refractivity contribution >= 4 is 5.91 Å². The first-order chi connectivity index (χ1) is 10.2. The van der Waals surface area contributed by atoms with Crippen LogP contribution >= 0.6 is 0 Å². The predicted molar refractivity (Wildman–Crippen MR) is 84.9 cm³/mol. The zero-order chi connectivity index (χ0) is 14.9. The zero-order valence-corrected chi connectivity index (χ0v) is 12.9. The van der Waals surface area contributed by atoms with Crippen LogP contribution < -0.4 is 5.73 Å². The van der Waals surface area contributed by atoms with Crippen molar-refractivity contribution in [3.63, 3.8) is 0 Å². The van der Waals surface area contributed by atoms with E-state index in [1.54, 1.807) is 0 Å². The molecular weight excluding hydrogens is 260 g/mol. The second kappa shape index (κ2) is 5.80. The van der Waals surface area contributed by atoms with Crippen molar-refractivity contribution in [1.29, 1.82) is 0 Å². The molecule has 3 nitrogen and oxygen atoms in total. The van der Waals surface area contributed by atoms with E-state index < -0.39 is 0 Å². The second-order valence-electron chi connectivity index (χ2n) is 6.84. The van der Waals surface area contributed by atoms with Crippen molar-refractivity contribution in [1.82, 2.24) is 4.90 Å². The first-order valence-corrected chi connectivity index (χ1v) is 8.22. The molecule has 1 aromatic rings. The van der Waals surface area contributed by atoms with Crippen LogP contribution in [0.2, 0.25) is 0 Å². The number of benzene rings is 1. The van der Waals surface area contributed by atoms with Crippen molar-refractivity contribution in [2.75, 3.05) is 13.1 Å². The van der Waals surface area contributed by atoms with E-state index >= 15 is 0 Å². The molecule has 21 heavy (non-hydrogen) atoms. The van der Waals surface area contributed by atoms with Gasteiger partial charge in [-0.3, -0.25) is 4.79 Å². The van der Waals surface area contributed by atoms with Gasteiger partial charge in [0.2, 0.25) is 5.91 Å². The van der Waals surface area contributed by atoms with Crippen molar-refractivity contribution in [3.05, 3.63) is 35.9 Å². The maximum atomic E-state index is 13.0. The third-order valence-electron chi connectivity index (χ3n) is 5.51. The number of amides is 1. The Balaban J connectivity index is 1.76. The summed E-state index contributed by atoms with van der Waals surface area (Å²) in [5, 5.41) is 0.